The van der Waals surface area contributed by atoms with Crippen molar-refractivity contribution >= 4 is 12.6 Å². The van der Waals surface area contributed by atoms with Crippen molar-refractivity contribution in [2.45, 2.75) is 19.8 Å². The number of rotatable bonds is 2. The summed E-state index contributed by atoms with van der Waals surface area (Å²) in [5.41, 5.74) is 0.623. The molecule has 1 aromatic heterocycles. The summed E-state index contributed by atoms with van der Waals surface area (Å²) in [5, 5.41) is 17.7. The lowest BCUT2D eigenvalue weighted by atomic mass is 9.80. The molecule has 70 valence electrons. The number of hydrogen-bond acceptors (Lipinski definition) is 3. The molecule has 0 aliphatic heterocycles. The van der Waals surface area contributed by atoms with Crippen LogP contribution in [0, 0.1) is 0 Å². The molecule has 0 aromatic carbocycles. The van der Waals surface area contributed by atoms with Gasteiger partial charge in [0.05, 0.1) is 0 Å². The smallest absolute Gasteiger partial charge is 0.423 e. The zero-order valence-electron chi connectivity index (χ0n) is 7.61. The summed E-state index contributed by atoms with van der Waals surface area (Å²) in [6.07, 6.45) is 0. The molecule has 0 radical (unpaired) electrons. The second-order valence-electron chi connectivity index (χ2n) is 3.26. The highest BCUT2D eigenvalue weighted by molar-refractivity contribution is 6.58. The average Bonchev–Trinajstić information content (AvgIpc) is 2.03. The Morgan fingerprint density at radius 2 is 2.00 bits per heavy atom. The van der Waals surface area contributed by atoms with E-state index in [2.05, 4.69) is 4.98 Å². The Morgan fingerprint density at radius 1 is 1.38 bits per heavy atom. The van der Waals surface area contributed by atoms with Gasteiger partial charge in [0.25, 0.3) is 0 Å². The van der Waals surface area contributed by atoms with Crippen LogP contribution in [0.5, 0.6) is 0 Å². The topological polar surface area (TPSA) is 73.3 Å². The van der Waals surface area contributed by atoms with Crippen molar-refractivity contribution in [3.63, 3.8) is 0 Å². The Kier molecular flexibility index (Phi) is 2.90. The molecule has 5 heteroatoms. The van der Waals surface area contributed by atoms with Crippen molar-refractivity contribution in [1.82, 2.24) is 4.98 Å². The average molecular weight is 181 g/mol. The number of aromatic amines is 1. The van der Waals surface area contributed by atoms with Crippen LogP contribution in [0.4, 0.5) is 0 Å². The highest BCUT2D eigenvalue weighted by Crippen LogP contribution is 2.06. The minimum Gasteiger partial charge on any atom is -0.423 e. The number of pyridine rings is 1. The fourth-order valence-electron chi connectivity index (χ4n) is 1.05. The van der Waals surface area contributed by atoms with E-state index in [4.69, 9.17) is 10.0 Å². The first-order valence-corrected chi connectivity index (χ1v) is 4.11. The van der Waals surface area contributed by atoms with Crippen LogP contribution in [0.3, 0.4) is 0 Å². The van der Waals surface area contributed by atoms with E-state index in [1.807, 2.05) is 13.8 Å². The number of aromatic nitrogens is 1. The molecule has 3 N–H and O–H groups in total. The van der Waals surface area contributed by atoms with Gasteiger partial charge in [-0.25, -0.2) is 0 Å². The Balaban J connectivity index is 3.19. The second kappa shape index (κ2) is 3.76. The first-order chi connectivity index (χ1) is 6.00. The van der Waals surface area contributed by atoms with Crippen LogP contribution in [-0.2, 0) is 0 Å². The van der Waals surface area contributed by atoms with E-state index in [1.54, 1.807) is 6.07 Å². The third-order valence-electron chi connectivity index (χ3n) is 1.81. The fraction of sp³-hybridized carbons (Fsp3) is 0.375. The third kappa shape index (κ3) is 2.43. The van der Waals surface area contributed by atoms with Crippen molar-refractivity contribution in [3.8, 4) is 0 Å². The van der Waals surface area contributed by atoms with Crippen molar-refractivity contribution in [2.24, 2.45) is 0 Å². The Morgan fingerprint density at radius 3 is 2.46 bits per heavy atom. The molecular formula is C8H12BNO3. The summed E-state index contributed by atoms with van der Waals surface area (Å²) in [5.74, 6) is 0.159. The Hall–Kier alpha value is -1.07. The molecule has 0 bridgehead atoms. The van der Waals surface area contributed by atoms with E-state index < -0.39 is 7.12 Å². The Bertz CT molecular complexity index is 316. The molecule has 0 unspecified atom stereocenters. The van der Waals surface area contributed by atoms with Crippen molar-refractivity contribution in [3.05, 3.63) is 28.2 Å². The van der Waals surface area contributed by atoms with Gasteiger partial charge in [0, 0.05) is 11.8 Å². The fourth-order valence-corrected chi connectivity index (χ4v) is 1.05. The van der Waals surface area contributed by atoms with Gasteiger partial charge < -0.3 is 15.0 Å². The molecule has 0 spiro atoms. The lowest BCUT2D eigenvalue weighted by Gasteiger charge is -2.06. The van der Waals surface area contributed by atoms with Crippen molar-refractivity contribution in [2.75, 3.05) is 0 Å². The maximum atomic E-state index is 11.0. The van der Waals surface area contributed by atoms with Crippen LogP contribution in [0.15, 0.2) is 16.9 Å². The second-order valence-corrected chi connectivity index (χ2v) is 3.26. The van der Waals surface area contributed by atoms with Crippen LogP contribution in [0.25, 0.3) is 0 Å². The zero-order valence-corrected chi connectivity index (χ0v) is 7.61. The zero-order chi connectivity index (χ0) is 10.0. The quantitative estimate of drug-likeness (QED) is 0.521. The Labute approximate surface area is 76.4 Å². The van der Waals surface area contributed by atoms with Crippen molar-refractivity contribution in [1.29, 1.82) is 0 Å². The molecule has 4 nitrogen and oxygen atoms in total. The molecule has 1 heterocycles. The standard InChI is InChI=1S/C8H12BNO3/c1-5(2)7-3-6(9(12)13)4-8(11)10-7/h3-5,12-13H,1-2H3,(H,10,11). The van der Waals surface area contributed by atoms with Gasteiger partial charge in [0.1, 0.15) is 0 Å². The number of nitrogens with one attached hydrogen (secondary N) is 1. The molecule has 13 heavy (non-hydrogen) atoms. The summed E-state index contributed by atoms with van der Waals surface area (Å²) in [7, 11) is -1.58. The molecular weight excluding hydrogens is 169 g/mol. The molecule has 1 aromatic rings. The van der Waals surface area contributed by atoms with Crippen LogP contribution in [0.1, 0.15) is 25.5 Å². The molecule has 0 fully saturated rings. The molecule has 0 aliphatic carbocycles. The molecule has 0 amide bonds. The van der Waals surface area contributed by atoms with Crippen LogP contribution in [0.2, 0.25) is 0 Å². The van der Waals surface area contributed by atoms with Gasteiger partial charge in [-0.2, -0.15) is 0 Å². The SMILES string of the molecule is CC(C)c1cc(B(O)O)cc(=O)[nH]1. The van der Waals surface area contributed by atoms with Crippen LogP contribution < -0.4 is 11.0 Å². The van der Waals surface area contributed by atoms with Gasteiger partial charge in [-0.1, -0.05) is 13.8 Å². The van der Waals surface area contributed by atoms with Gasteiger partial charge >= 0.3 is 7.12 Å². The molecule has 0 atom stereocenters. The largest absolute Gasteiger partial charge is 0.488 e. The highest BCUT2D eigenvalue weighted by atomic mass is 16.4. The summed E-state index contributed by atoms with van der Waals surface area (Å²) in [6, 6.07) is 2.76. The minimum absolute atomic E-state index is 0.159. The van der Waals surface area contributed by atoms with E-state index in [1.165, 1.54) is 6.07 Å². The molecule has 0 saturated heterocycles. The molecule has 0 aliphatic rings. The van der Waals surface area contributed by atoms with E-state index in [0.717, 1.165) is 0 Å². The lowest BCUT2D eigenvalue weighted by molar-refractivity contribution is 0.425. The monoisotopic (exact) mass is 181 g/mol. The normalized spacial score (nSPS) is 10.5. The maximum absolute atomic E-state index is 11.0. The van der Waals surface area contributed by atoms with Gasteiger partial charge in [-0.05, 0) is 17.4 Å². The summed E-state index contributed by atoms with van der Waals surface area (Å²) >= 11 is 0. The van der Waals surface area contributed by atoms with E-state index in [-0.39, 0.29) is 16.9 Å². The van der Waals surface area contributed by atoms with Gasteiger partial charge in [0.2, 0.25) is 5.56 Å². The van der Waals surface area contributed by atoms with Crippen LogP contribution in [-0.4, -0.2) is 22.2 Å². The van der Waals surface area contributed by atoms with Gasteiger partial charge in [-0.3, -0.25) is 4.79 Å². The van der Waals surface area contributed by atoms with E-state index in [0.29, 0.717) is 5.69 Å². The third-order valence-corrected chi connectivity index (χ3v) is 1.81. The molecule has 0 saturated carbocycles. The number of hydrogen-bond donors (Lipinski definition) is 3. The maximum Gasteiger partial charge on any atom is 0.488 e. The molecule has 1 rings (SSSR count). The van der Waals surface area contributed by atoms with Crippen LogP contribution >= 0.6 is 0 Å². The minimum atomic E-state index is -1.58. The summed E-state index contributed by atoms with van der Waals surface area (Å²) < 4.78 is 0. The van der Waals surface area contributed by atoms with Gasteiger partial charge in [-0.15, -0.1) is 0 Å². The predicted molar refractivity (Wildman–Crippen MR) is 51.0 cm³/mol. The van der Waals surface area contributed by atoms with E-state index in [9.17, 15) is 4.79 Å². The summed E-state index contributed by atoms with van der Waals surface area (Å²) in [4.78, 5) is 13.7. The van der Waals surface area contributed by atoms with E-state index >= 15 is 0 Å². The van der Waals surface area contributed by atoms with Gasteiger partial charge in [0.15, 0.2) is 0 Å². The summed E-state index contributed by atoms with van der Waals surface area (Å²) in [6.45, 7) is 3.83. The van der Waals surface area contributed by atoms with Crippen molar-refractivity contribution < 1.29 is 10.0 Å². The predicted octanol–water partition coefficient (Wildman–Crippen LogP) is -0.822. The lowest BCUT2D eigenvalue weighted by Crippen LogP contribution is -2.34. The first kappa shape index (κ1) is 10.0. The first-order valence-electron chi connectivity index (χ1n) is 4.11. The highest BCUT2D eigenvalue weighted by Gasteiger charge is 2.13. The number of H-pyrrole nitrogens is 1.